The van der Waals surface area contributed by atoms with Crippen molar-refractivity contribution in [2.24, 2.45) is 5.92 Å². The fourth-order valence-corrected chi connectivity index (χ4v) is 0.385. The summed E-state index contributed by atoms with van der Waals surface area (Å²) < 4.78 is 0. The highest BCUT2D eigenvalue weighted by atomic mass is 16.3. The van der Waals surface area contributed by atoms with Gasteiger partial charge >= 0.3 is 0 Å². The lowest BCUT2D eigenvalue weighted by Gasteiger charge is -1.87. The molecule has 0 aromatic heterocycles. The zero-order valence-corrected chi connectivity index (χ0v) is 7.16. The van der Waals surface area contributed by atoms with Gasteiger partial charge in [0.05, 0.1) is 6.61 Å². The van der Waals surface area contributed by atoms with E-state index >= 15 is 0 Å². The van der Waals surface area contributed by atoms with Crippen LogP contribution in [0.4, 0.5) is 0 Å². The van der Waals surface area contributed by atoms with Gasteiger partial charge < -0.3 is 0 Å². The molecule has 0 fully saturated rings. The van der Waals surface area contributed by atoms with E-state index in [-0.39, 0.29) is 6.61 Å². The first-order chi connectivity index (χ1) is 5.27. The normalized spacial score (nSPS) is 8.73. The van der Waals surface area contributed by atoms with E-state index in [1.54, 1.807) is 0 Å². The Bertz CT molecular complexity index is 120. The molecule has 1 nitrogen and oxygen atoms in total. The number of rotatable bonds is 1. The van der Waals surface area contributed by atoms with Crippen molar-refractivity contribution in [3.8, 4) is 0 Å². The first-order valence-corrected chi connectivity index (χ1v) is 3.85. The number of benzene rings is 1. The van der Waals surface area contributed by atoms with Crippen molar-refractivity contribution in [2.45, 2.75) is 13.8 Å². The van der Waals surface area contributed by atoms with Crippen LogP contribution in [0.5, 0.6) is 0 Å². The molecule has 0 amide bonds. The Morgan fingerprint density at radius 1 is 0.909 bits per heavy atom. The highest BCUT2D eigenvalue weighted by Crippen LogP contribution is 1.84. The molecule has 0 spiro atoms. The summed E-state index contributed by atoms with van der Waals surface area (Å²) in [6.07, 6.45) is 0. The fourth-order valence-electron chi connectivity index (χ4n) is 0.385. The highest BCUT2D eigenvalue weighted by Gasteiger charge is 1.83. The van der Waals surface area contributed by atoms with Crippen LogP contribution in [0.15, 0.2) is 36.4 Å². The Hall–Kier alpha value is -0.820. The number of hydrogen-bond donors (Lipinski definition) is 0. The van der Waals surface area contributed by atoms with E-state index in [0.29, 0.717) is 5.92 Å². The van der Waals surface area contributed by atoms with Gasteiger partial charge in [0.1, 0.15) is 0 Å². The van der Waals surface area contributed by atoms with Crippen molar-refractivity contribution in [1.29, 1.82) is 0 Å². The molecular formula is C10H15O. The minimum atomic E-state index is 0.0556. The molecule has 0 bridgehead atoms. The molecule has 0 aliphatic carbocycles. The van der Waals surface area contributed by atoms with Gasteiger partial charge in [-0.2, -0.15) is 0 Å². The Labute approximate surface area is 68.7 Å². The van der Waals surface area contributed by atoms with Crippen molar-refractivity contribution in [1.82, 2.24) is 0 Å². The van der Waals surface area contributed by atoms with Gasteiger partial charge in [0, 0.05) is 0 Å². The second kappa shape index (κ2) is 7.29. The van der Waals surface area contributed by atoms with E-state index in [1.165, 1.54) is 0 Å². The Morgan fingerprint density at radius 2 is 1.09 bits per heavy atom. The van der Waals surface area contributed by atoms with Gasteiger partial charge in [0.25, 0.3) is 0 Å². The van der Waals surface area contributed by atoms with Gasteiger partial charge in [0.15, 0.2) is 0 Å². The van der Waals surface area contributed by atoms with Crippen LogP contribution in [-0.2, 0) is 5.11 Å². The Kier molecular flexibility index (Phi) is 6.75. The van der Waals surface area contributed by atoms with Crippen molar-refractivity contribution in [3.63, 3.8) is 0 Å². The summed E-state index contributed by atoms with van der Waals surface area (Å²) in [5.41, 5.74) is 0. The smallest absolute Gasteiger partial charge is 0.0845 e. The first kappa shape index (κ1) is 10.2. The van der Waals surface area contributed by atoms with Crippen LogP contribution in [0.3, 0.4) is 0 Å². The van der Waals surface area contributed by atoms with Crippen molar-refractivity contribution < 1.29 is 5.11 Å². The maximum Gasteiger partial charge on any atom is 0.0845 e. The lowest BCUT2D eigenvalue weighted by atomic mass is 10.2. The van der Waals surface area contributed by atoms with Crippen LogP contribution in [0.1, 0.15) is 13.8 Å². The first-order valence-electron chi connectivity index (χ1n) is 3.85. The third-order valence-electron chi connectivity index (χ3n) is 1.00. The zero-order valence-electron chi connectivity index (χ0n) is 7.16. The van der Waals surface area contributed by atoms with Crippen LogP contribution in [0.2, 0.25) is 0 Å². The zero-order chi connectivity index (χ0) is 8.53. The van der Waals surface area contributed by atoms with E-state index in [0.717, 1.165) is 0 Å². The largest absolute Gasteiger partial charge is 0.236 e. The maximum atomic E-state index is 9.63. The monoisotopic (exact) mass is 151 g/mol. The molecule has 0 heterocycles. The van der Waals surface area contributed by atoms with Gasteiger partial charge in [-0.05, 0) is 5.92 Å². The van der Waals surface area contributed by atoms with Crippen molar-refractivity contribution in [2.75, 3.05) is 6.61 Å². The van der Waals surface area contributed by atoms with Crippen LogP contribution in [0.25, 0.3) is 0 Å². The SMILES string of the molecule is CC(C)C[O].c1ccccc1. The Balaban J connectivity index is 0.000000187. The standard InChI is InChI=1S/C6H6.C4H9O/c1-2-4-6-5-3-1;1-4(2)3-5/h1-6H;4H,3H2,1-2H3. The maximum absolute atomic E-state index is 9.63. The van der Waals surface area contributed by atoms with E-state index in [1.807, 2.05) is 50.2 Å². The third kappa shape index (κ3) is 9.18. The second-order valence-electron chi connectivity index (χ2n) is 2.72. The minimum Gasteiger partial charge on any atom is -0.236 e. The quantitative estimate of drug-likeness (QED) is 0.588. The fraction of sp³-hybridized carbons (Fsp3) is 0.400. The molecule has 1 heteroatoms. The van der Waals surface area contributed by atoms with Gasteiger partial charge in [-0.25, -0.2) is 5.11 Å². The van der Waals surface area contributed by atoms with Crippen molar-refractivity contribution in [3.05, 3.63) is 36.4 Å². The van der Waals surface area contributed by atoms with Crippen molar-refractivity contribution >= 4 is 0 Å². The lowest BCUT2D eigenvalue weighted by molar-refractivity contribution is 0.158. The molecule has 11 heavy (non-hydrogen) atoms. The summed E-state index contributed by atoms with van der Waals surface area (Å²) >= 11 is 0. The van der Waals surface area contributed by atoms with Crippen LogP contribution < -0.4 is 0 Å². The average molecular weight is 151 g/mol. The molecule has 0 saturated heterocycles. The predicted molar refractivity (Wildman–Crippen MR) is 46.8 cm³/mol. The lowest BCUT2D eigenvalue weighted by Crippen LogP contribution is -1.88. The third-order valence-corrected chi connectivity index (χ3v) is 1.00. The van der Waals surface area contributed by atoms with Crippen LogP contribution in [-0.4, -0.2) is 6.61 Å². The van der Waals surface area contributed by atoms with E-state index in [9.17, 15) is 5.11 Å². The molecule has 1 aromatic carbocycles. The minimum absolute atomic E-state index is 0.0556. The summed E-state index contributed by atoms with van der Waals surface area (Å²) in [6, 6.07) is 12.0. The van der Waals surface area contributed by atoms with E-state index < -0.39 is 0 Å². The molecular weight excluding hydrogens is 136 g/mol. The van der Waals surface area contributed by atoms with Crippen LogP contribution in [0, 0.1) is 5.92 Å². The summed E-state index contributed by atoms with van der Waals surface area (Å²) in [6.45, 7) is 3.88. The summed E-state index contributed by atoms with van der Waals surface area (Å²) in [4.78, 5) is 0. The molecule has 61 valence electrons. The van der Waals surface area contributed by atoms with Gasteiger partial charge in [-0.1, -0.05) is 50.2 Å². The molecule has 0 aliphatic rings. The molecule has 0 N–H and O–H groups in total. The molecule has 1 rings (SSSR count). The van der Waals surface area contributed by atoms with Gasteiger partial charge in [-0.3, -0.25) is 0 Å². The molecule has 0 atom stereocenters. The number of hydrogen-bond acceptors (Lipinski definition) is 0. The molecule has 1 aromatic rings. The molecule has 1 radical (unpaired) electrons. The predicted octanol–water partition coefficient (Wildman–Crippen LogP) is 2.76. The topological polar surface area (TPSA) is 19.9 Å². The average Bonchev–Trinajstić information content (AvgIpc) is 2.09. The second-order valence-corrected chi connectivity index (χ2v) is 2.72. The summed E-state index contributed by atoms with van der Waals surface area (Å²) in [5.74, 6) is 0.329. The summed E-state index contributed by atoms with van der Waals surface area (Å²) in [5, 5.41) is 9.63. The van der Waals surface area contributed by atoms with Crippen LogP contribution >= 0.6 is 0 Å². The molecule has 0 unspecified atom stereocenters. The molecule has 0 aliphatic heterocycles. The molecule has 0 saturated carbocycles. The Morgan fingerprint density at radius 3 is 1.18 bits per heavy atom. The summed E-state index contributed by atoms with van der Waals surface area (Å²) in [7, 11) is 0. The van der Waals surface area contributed by atoms with Gasteiger partial charge in [-0.15, -0.1) is 0 Å². The van der Waals surface area contributed by atoms with E-state index in [2.05, 4.69) is 0 Å². The van der Waals surface area contributed by atoms with Gasteiger partial charge in [0.2, 0.25) is 0 Å². The highest BCUT2D eigenvalue weighted by molar-refractivity contribution is 4.99. The van der Waals surface area contributed by atoms with E-state index in [4.69, 9.17) is 0 Å².